The zero-order valence-corrected chi connectivity index (χ0v) is 14.5. The quantitative estimate of drug-likeness (QED) is 0.586. The van der Waals surface area contributed by atoms with Crippen molar-refractivity contribution >= 4 is 11.8 Å². The van der Waals surface area contributed by atoms with Crippen molar-refractivity contribution in [2.45, 2.75) is 26.4 Å². The maximum Gasteiger partial charge on any atom is 0.260 e. The van der Waals surface area contributed by atoms with Crippen LogP contribution < -0.4 is 21.7 Å². The molecular formula is C17H21FN6O2. The predicted octanol–water partition coefficient (Wildman–Crippen LogP) is 0.252. The lowest BCUT2D eigenvalue weighted by molar-refractivity contribution is -0.131. The first-order valence-corrected chi connectivity index (χ1v) is 8.27. The van der Waals surface area contributed by atoms with Crippen molar-refractivity contribution in [3.05, 3.63) is 53.1 Å². The van der Waals surface area contributed by atoms with Gasteiger partial charge in [0.05, 0.1) is 17.7 Å². The minimum Gasteiger partial charge on any atom is -0.273 e. The first-order valence-electron chi connectivity index (χ1n) is 8.27. The molecule has 0 radical (unpaired) electrons. The van der Waals surface area contributed by atoms with E-state index < -0.39 is 5.92 Å². The fraction of sp³-hybridized carbons (Fsp3) is 0.353. The van der Waals surface area contributed by atoms with E-state index in [0.29, 0.717) is 6.54 Å². The Bertz CT molecular complexity index is 804. The first kappa shape index (κ1) is 18.0. The van der Waals surface area contributed by atoms with Gasteiger partial charge in [0, 0.05) is 12.2 Å². The lowest BCUT2D eigenvalue weighted by Gasteiger charge is -2.18. The summed E-state index contributed by atoms with van der Waals surface area (Å²) < 4.78 is 14.6. The van der Waals surface area contributed by atoms with E-state index in [0.717, 1.165) is 17.0 Å². The smallest absolute Gasteiger partial charge is 0.260 e. The van der Waals surface area contributed by atoms with Crippen LogP contribution in [0.1, 0.15) is 23.0 Å². The molecule has 0 spiro atoms. The van der Waals surface area contributed by atoms with Crippen molar-refractivity contribution in [1.29, 1.82) is 0 Å². The Hall–Kier alpha value is -2.78. The summed E-state index contributed by atoms with van der Waals surface area (Å²) in [6.07, 6.45) is 0. The molecule has 2 atom stereocenters. The van der Waals surface area contributed by atoms with Crippen LogP contribution in [0.15, 0.2) is 30.3 Å². The van der Waals surface area contributed by atoms with Crippen molar-refractivity contribution in [3.8, 4) is 0 Å². The van der Waals surface area contributed by atoms with E-state index in [2.05, 4.69) is 26.8 Å². The number of hydrogen-bond acceptors (Lipinski definition) is 5. The minimum atomic E-state index is -0.450. The van der Waals surface area contributed by atoms with Crippen molar-refractivity contribution < 1.29 is 14.0 Å². The molecule has 0 saturated carbocycles. The van der Waals surface area contributed by atoms with Crippen LogP contribution in [0, 0.1) is 25.6 Å². The molecule has 138 valence electrons. The van der Waals surface area contributed by atoms with E-state index in [4.69, 9.17) is 0 Å². The number of hydrazine groups is 2. The second kappa shape index (κ2) is 7.63. The summed E-state index contributed by atoms with van der Waals surface area (Å²) in [5.41, 5.74) is 13.3. The van der Waals surface area contributed by atoms with E-state index in [-0.39, 0.29) is 30.2 Å². The standard InChI is InChI=1S/C17H21FN6O2/c1-10-7-11(2)24(23-10)9-15(25)20-22-17(26)14-8-19-21-16(14)12-3-5-13(18)6-4-12/h3-7,14,16,19,21H,8-9H2,1-2H3,(H,20,25)(H,22,26). The fourth-order valence-electron chi connectivity index (χ4n) is 2.96. The van der Waals surface area contributed by atoms with Crippen LogP contribution in [0.2, 0.25) is 0 Å². The molecule has 0 aliphatic carbocycles. The third kappa shape index (κ3) is 4.06. The molecule has 8 nitrogen and oxygen atoms in total. The molecule has 4 N–H and O–H groups in total. The van der Waals surface area contributed by atoms with Gasteiger partial charge in [-0.3, -0.25) is 30.5 Å². The Labute approximate surface area is 150 Å². The normalized spacial score (nSPS) is 19.3. The summed E-state index contributed by atoms with van der Waals surface area (Å²) in [5, 5.41) is 4.21. The Kier molecular flexibility index (Phi) is 5.29. The highest BCUT2D eigenvalue weighted by molar-refractivity contribution is 5.84. The zero-order valence-electron chi connectivity index (χ0n) is 14.5. The average molecular weight is 360 g/mol. The van der Waals surface area contributed by atoms with Crippen LogP contribution in [0.3, 0.4) is 0 Å². The molecule has 2 heterocycles. The first-order chi connectivity index (χ1) is 12.4. The van der Waals surface area contributed by atoms with E-state index in [1.165, 1.54) is 12.1 Å². The summed E-state index contributed by atoms with van der Waals surface area (Å²) in [6.45, 7) is 4.11. The van der Waals surface area contributed by atoms with Gasteiger partial charge in [-0.1, -0.05) is 12.1 Å². The maximum atomic E-state index is 13.1. The van der Waals surface area contributed by atoms with Crippen LogP contribution >= 0.6 is 0 Å². The second-order valence-corrected chi connectivity index (χ2v) is 6.28. The number of rotatable bonds is 4. The number of aryl methyl sites for hydroxylation is 2. The van der Waals surface area contributed by atoms with E-state index in [1.54, 1.807) is 16.8 Å². The van der Waals surface area contributed by atoms with Gasteiger partial charge in [-0.05, 0) is 37.6 Å². The molecule has 0 bridgehead atoms. The largest absolute Gasteiger partial charge is 0.273 e. The lowest BCUT2D eigenvalue weighted by atomic mass is 9.94. The van der Waals surface area contributed by atoms with Crippen LogP contribution in [0.4, 0.5) is 4.39 Å². The molecule has 2 amide bonds. The Morgan fingerprint density at radius 2 is 2.00 bits per heavy atom. The number of nitrogens with zero attached hydrogens (tertiary/aromatic N) is 2. The molecule has 9 heteroatoms. The van der Waals surface area contributed by atoms with E-state index >= 15 is 0 Å². The predicted molar refractivity (Wildman–Crippen MR) is 91.8 cm³/mol. The maximum absolute atomic E-state index is 13.1. The number of aromatic nitrogens is 2. The number of carbonyl (C=O) groups excluding carboxylic acids is 2. The van der Waals surface area contributed by atoms with E-state index in [9.17, 15) is 14.0 Å². The summed E-state index contributed by atoms with van der Waals surface area (Å²) in [5.74, 6) is -1.49. The Morgan fingerprint density at radius 1 is 1.27 bits per heavy atom. The Balaban J connectivity index is 1.56. The molecule has 1 fully saturated rings. The molecule has 3 rings (SSSR count). The van der Waals surface area contributed by atoms with Gasteiger partial charge in [-0.2, -0.15) is 5.10 Å². The van der Waals surface area contributed by atoms with Crippen LogP contribution in [0.25, 0.3) is 0 Å². The van der Waals surface area contributed by atoms with Gasteiger partial charge in [0.2, 0.25) is 5.91 Å². The van der Waals surface area contributed by atoms with Gasteiger partial charge in [0.25, 0.3) is 5.91 Å². The molecular weight excluding hydrogens is 339 g/mol. The summed E-state index contributed by atoms with van der Waals surface area (Å²) in [4.78, 5) is 24.4. The molecule has 1 aliphatic heterocycles. The Morgan fingerprint density at radius 3 is 2.65 bits per heavy atom. The molecule has 1 saturated heterocycles. The number of carbonyl (C=O) groups is 2. The van der Waals surface area contributed by atoms with Gasteiger partial charge in [-0.25, -0.2) is 9.82 Å². The highest BCUT2D eigenvalue weighted by Crippen LogP contribution is 2.25. The van der Waals surface area contributed by atoms with Gasteiger partial charge >= 0.3 is 0 Å². The topological polar surface area (TPSA) is 100 Å². The van der Waals surface area contributed by atoms with Gasteiger partial charge < -0.3 is 0 Å². The highest BCUT2D eigenvalue weighted by atomic mass is 19.1. The number of amides is 2. The minimum absolute atomic E-state index is 0.0164. The molecule has 1 aromatic heterocycles. The van der Waals surface area contributed by atoms with Crippen LogP contribution in [-0.2, 0) is 16.1 Å². The van der Waals surface area contributed by atoms with Gasteiger partial charge in [0.1, 0.15) is 12.4 Å². The molecule has 1 aliphatic rings. The van der Waals surface area contributed by atoms with Gasteiger partial charge in [-0.15, -0.1) is 0 Å². The SMILES string of the molecule is Cc1cc(C)n(CC(=O)NNC(=O)C2CNNC2c2ccc(F)cc2)n1. The third-order valence-corrected chi connectivity index (χ3v) is 4.27. The van der Waals surface area contributed by atoms with Crippen molar-refractivity contribution in [3.63, 3.8) is 0 Å². The highest BCUT2D eigenvalue weighted by Gasteiger charge is 2.34. The third-order valence-electron chi connectivity index (χ3n) is 4.27. The average Bonchev–Trinajstić information content (AvgIpc) is 3.20. The lowest BCUT2D eigenvalue weighted by Crippen LogP contribution is -2.47. The summed E-state index contributed by atoms with van der Waals surface area (Å²) >= 11 is 0. The number of nitrogens with one attached hydrogen (secondary N) is 4. The second-order valence-electron chi connectivity index (χ2n) is 6.28. The molecule has 2 aromatic rings. The van der Waals surface area contributed by atoms with Crippen molar-refractivity contribution in [1.82, 2.24) is 31.5 Å². The van der Waals surface area contributed by atoms with Crippen LogP contribution in [0.5, 0.6) is 0 Å². The molecule has 1 aromatic carbocycles. The van der Waals surface area contributed by atoms with Crippen molar-refractivity contribution in [2.75, 3.05) is 6.54 Å². The number of hydrogen-bond donors (Lipinski definition) is 4. The number of halogens is 1. The molecule has 2 unspecified atom stereocenters. The fourth-order valence-corrected chi connectivity index (χ4v) is 2.96. The van der Waals surface area contributed by atoms with Crippen molar-refractivity contribution in [2.24, 2.45) is 5.92 Å². The monoisotopic (exact) mass is 360 g/mol. The summed E-state index contributed by atoms with van der Waals surface area (Å²) in [7, 11) is 0. The van der Waals surface area contributed by atoms with Crippen LogP contribution in [-0.4, -0.2) is 28.1 Å². The zero-order chi connectivity index (χ0) is 18.7. The molecule has 26 heavy (non-hydrogen) atoms. The van der Waals surface area contributed by atoms with Gasteiger partial charge in [0.15, 0.2) is 0 Å². The van der Waals surface area contributed by atoms with E-state index in [1.807, 2.05) is 19.9 Å². The summed E-state index contributed by atoms with van der Waals surface area (Å²) in [6, 6.07) is 7.50. The number of benzene rings is 1.